The molecule has 92 valence electrons. The zero-order chi connectivity index (χ0) is 11.9. The van der Waals surface area contributed by atoms with Crippen LogP contribution >= 0.6 is 18.2 Å². The largest absolute Gasteiger partial charge is 0.457 e. The Bertz CT molecular complexity index is 192. The first-order chi connectivity index (χ1) is 6.99. The molecule has 15 heavy (non-hydrogen) atoms. The summed E-state index contributed by atoms with van der Waals surface area (Å²) in [4.78, 5) is 0. The summed E-state index contributed by atoms with van der Waals surface area (Å²) in [5.74, 6) is 0. The van der Waals surface area contributed by atoms with E-state index >= 15 is 0 Å². The SMILES string of the molecule is CCN(CC)OP(=O)(Cl)ON(CC)CC. The van der Waals surface area contributed by atoms with Crippen molar-refractivity contribution in [2.45, 2.75) is 27.7 Å². The van der Waals surface area contributed by atoms with E-state index in [0.717, 1.165) is 0 Å². The number of rotatable bonds is 8. The molecule has 0 spiro atoms. The number of hydrogen-bond acceptors (Lipinski definition) is 5. The van der Waals surface area contributed by atoms with E-state index in [1.165, 1.54) is 10.1 Å². The molecule has 5 nitrogen and oxygen atoms in total. The van der Waals surface area contributed by atoms with E-state index in [1.54, 1.807) is 0 Å². The smallest absolute Gasteiger partial charge is 0.238 e. The van der Waals surface area contributed by atoms with E-state index in [1.807, 2.05) is 27.7 Å². The predicted molar refractivity (Wildman–Crippen MR) is 61.5 cm³/mol. The number of halogens is 1. The van der Waals surface area contributed by atoms with Crippen LogP contribution in [0.25, 0.3) is 0 Å². The van der Waals surface area contributed by atoms with Gasteiger partial charge in [-0.2, -0.15) is 10.1 Å². The van der Waals surface area contributed by atoms with Gasteiger partial charge in [0.2, 0.25) is 0 Å². The Labute approximate surface area is 96.5 Å². The normalized spacial score (nSPS) is 12.7. The minimum Gasteiger partial charge on any atom is -0.238 e. The summed E-state index contributed by atoms with van der Waals surface area (Å²) in [5.41, 5.74) is 0. The van der Waals surface area contributed by atoms with Gasteiger partial charge < -0.3 is 0 Å². The number of hydrogen-bond donors (Lipinski definition) is 0. The van der Waals surface area contributed by atoms with Crippen molar-refractivity contribution < 1.29 is 13.8 Å². The van der Waals surface area contributed by atoms with Crippen LogP contribution in [0.15, 0.2) is 0 Å². The van der Waals surface area contributed by atoms with Gasteiger partial charge in [0.25, 0.3) is 0 Å². The number of hydroxylamine groups is 4. The third-order valence-electron chi connectivity index (χ3n) is 1.84. The van der Waals surface area contributed by atoms with Crippen molar-refractivity contribution >= 4 is 18.2 Å². The molecule has 0 saturated carbocycles. The highest BCUT2D eigenvalue weighted by Gasteiger charge is 2.27. The quantitative estimate of drug-likeness (QED) is 0.495. The van der Waals surface area contributed by atoms with Crippen molar-refractivity contribution in [1.29, 1.82) is 0 Å². The van der Waals surface area contributed by atoms with Crippen LogP contribution in [-0.4, -0.2) is 36.3 Å². The summed E-state index contributed by atoms with van der Waals surface area (Å²) >= 11 is 5.67. The van der Waals surface area contributed by atoms with Gasteiger partial charge in [-0.15, -0.1) is 0 Å². The first-order valence-electron chi connectivity index (χ1n) is 5.18. The van der Waals surface area contributed by atoms with E-state index in [-0.39, 0.29) is 0 Å². The van der Waals surface area contributed by atoms with E-state index in [2.05, 4.69) is 0 Å². The minimum absolute atomic E-state index is 0.606. The molecular weight excluding hydrogens is 239 g/mol. The lowest BCUT2D eigenvalue weighted by atomic mass is 10.6. The molecule has 0 radical (unpaired) electrons. The minimum atomic E-state index is -3.55. The molecule has 0 atom stereocenters. The van der Waals surface area contributed by atoms with Crippen LogP contribution in [0, 0.1) is 0 Å². The fourth-order valence-electron chi connectivity index (χ4n) is 0.969. The van der Waals surface area contributed by atoms with Crippen LogP contribution in [-0.2, 0) is 13.8 Å². The van der Waals surface area contributed by atoms with Crippen molar-refractivity contribution in [3.63, 3.8) is 0 Å². The van der Waals surface area contributed by atoms with E-state index < -0.39 is 6.95 Å². The molecule has 0 fully saturated rings. The van der Waals surface area contributed by atoms with Crippen LogP contribution < -0.4 is 0 Å². The third-order valence-corrected chi connectivity index (χ3v) is 3.06. The Morgan fingerprint density at radius 2 is 1.20 bits per heavy atom. The maximum Gasteiger partial charge on any atom is 0.457 e. The lowest BCUT2D eigenvalue weighted by Gasteiger charge is -2.24. The van der Waals surface area contributed by atoms with Gasteiger partial charge in [-0.05, 0) is 0 Å². The second-order valence-corrected chi connectivity index (χ2v) is 5.25. The first-order valence-corrected chi connectivity index (χ1v) is 7.62. The summed E-state index contributed by atoms with van der Waals surface area (Å²) in [6, 6.07) is 0. The molecule has 0 aliphatic carbocycles. The second kappa shape index (κ2) is 7.60. The summed E-state index contributed by atoms with van der Waals surface area (Å²) < 4.78 is 21.8. The van der Waals surface area contributed by atoms with Crippen molar-refractivity contribution in [2.24, 2.45) is 0 Å². The molecule has 0 aromatic heterocycles. The zero-order valence-electron chi connectivity index (χ0n) is 9.77. The maximum atomic E-state index is 11.7. The molecule has 0 aliphatic rings. The van der Waals surface area contributed by atoms with Crippen LogP contribution in [0.2, 0.25) is 0 Å². The Morgan fingerprint density at radius 3 is 1.40 bits per heavy atom. The predicted octanol–water partition coefficient (Wildman–Crippen LogP) is 2.88. The van der Waals surface area contributed by atoms with Gasteiger partial charge in [0, 0.05) is 37.4 Å². The van der Waals surface area contributed by atoms with E-state index in [9.17, 15) is 4.57 Å². The van der Waals surface area contributed by atoms with E-state index in [0.29, 0.717) is 26.2 Å². The zero-order valence-corrected chi connectivity index (χ0v) is 11.4. The molecular formula is C8H20ClN2O3P. The molecule has 0 rings (SSSR count). The second-order valence-electron chi connectivity index (χ2n) is 2.82. The number of nitrogens with zero attached hydrogens (tertiary/aromatic N) is 2. The molecule has 0 aliphatic heterocycles. The van der Waals surface area contributed by atoms with E-state index in [4.69, 9.17) is 20.5 Å². The van der Waals surface area contributed by atoms with Gasteiger partial charge in [-0.1, -0.05) is 27.7 Å². The Morgan fingerprint density at radius 1 is 0.933 bits per heavy atom. The highest BCUT2D eigenvalue weighted by Crippen LogP contribution is 2.54. The van der Waals surface area contributed by atoms with Crippen molar-refractivity contribution in [3.8, 4) is 0 Å². The van der Waals surface area contributed by atoms with Crippen LogP contribution in [0.4, 0.5) is 0 Å². The molecule has 0 N–H and O–H groups in total. The summed E-state index contributed by atoms with van der Waals surface area (Å²) in [7, 11) is 0. The standard InChI is InChI=1S/C8H20ClN2O3P/c1-5-10(6-2)13-15(9,12)14-11(7-3)8-4/h5-8H2,1-4H3. The molecule has 0 amide bonds. The van der Waals surface area contributed by atoms with Gasteiger partial charge in [-0.25, -0.2) is 13.8 Å². The lowest BCUT2D eigenvalue weighted by molar-refractivity contribution is -0.109. The molecule has 0 saturated heterocycles. The van der Waals surface area contributed by atoms with Crippen molar-refractivity contribution in [3.05, 3.63) is 0 Å². The molecule has 0 unspecified atom stereocenters. The fraction of sp³-hybridized carbons (Fsp3) is 1.00. The Balaban J connectivity index is 4.21. The molecule has 7 heteroatoms. The third kappa shape index (κ3) is 6.51. The monoisotopic (exact) mass is 258 g/mol. The van der Waals surface area contributed by atoms with Gasteiger partial charge >= 0.3 is 6.95 Å². The van der Waals surface area contributed by atoms with Crippen LogP contribution in [0.1, 0.15) is 27.7 Å². The highest BCUT2D eigenvalue weighted by molar-refractivity contribution is 7.81. The summed E-state index contributed by atoms with van der Waals surface area (Å²) in [6.45, 7) is 6.42. The van der Waals surface area contributed by atoms with Crippen molar-refractivity contribution in [1.82, 2.24) is 10.1 Å². The van der Waals surface area contributed by atoms with Crippen molar-refractivity contribution in [2.75, 3.05) is 26.2 Å². The highest BCUT2D eigenvalue weighted by atomic mass is 35.7. The molecule has 0 bridgehead atoms. The van der Waals surface area contributed by atoms with Gasteiger partial charge in [0.1, 0.15) is 0 Å². The first kappa shape index (κ1) is 15.4. The average molecular weight is 259 g/mol. The Kier molecular flexibility index (Phi) is 7.79. The Hall–Kier alpha value is 0.360. The summed E-state index contributed by atoms with van der Waals surface area (Å²) in [6.07, 6.45) is 0. The van der Waals surface area contributed by atoms with Gasteiger partial charge in [-0.3, -0.25) is 0 Å². The van der Waals surface area contributed by atoms with Crippen LogP contribution in [0.5, 0.6) is 0 Å². The fourth-order valence-corrected chi connectivity index (χ4v) is 2.54. The molecule has 0 aromatic rings. The topological polar surface area (TPSA) is 42.0 Å². The maximum absolute atomic E-state index is 11.7. The molecule has 0 heterocycles. The lowest BCUT2D eigenvalue weighted by Crippen LogP contribution is -2.25. The summed E-state index contributed by atoms with van der Waals surface area (Å²) in [5, 5.41) is 2.99. The van der Waals surface area contributed by atoms with Crippen LogP contribution in [0.3, 0.4) is 0 Å². The van der Waals surface area contributed by atoms with Gasteiger partial charge in [0.05, 0.1) is 0 Å². The average Bonchev–Trinajstić information content (AvgIpc) is 2.22. The van der Waals surface area contributed by atoms with Gasteiger partial charge in [0.15, 0.2) is 0 Å². The molecule has 0 aromatic carbocycles.